The molecule has 1 fully saturated rings. The third kappa shape index (κ3) is 2.35. The first-order valence-electron chi connectivity index (χ1n) is 6.65. The largest absolute Gasteiger partial charge is 0.379 e. The van der Waals surface area contributed by atoms with Gasteiger partial charge in [-0.15, -0.1) is 0 Å². The zero-order valence-electron chi connectivity index (χ0n) is 10.8. The SMILES string of the molecule is N#CCC(c1c[nH]c2ccccc12)N1CCOCC1. The van der Waals surface area contributed by atoms with Gasteiger partial charge in [0.25, 0.3) is 0 Å². The summed E-state index contributed by atoms with van der Waals surface area (Å²) < 4.78 is 5.40. The van der Waals surface area contributed by atoms with Crippen LogP contribution in [0.1, 0.15) is 18.0 Å². The van der Waals surface area contributed by atoms with Crippen LogP contribution in [-0.4, -0.2) is 36.2 Å². The molecule has 0 aliphatic carbocycles. The van der Waals surface area contributed by atoms with Crippen LogP contribution in [0.3, 0.4) is 0 Å². The molecular weight excluding hydrogens is 238 g/mol. The first-order chi connectivity index (χ1) is 9.40. The number of nitriles is 1. The summed E-state index contributed by atoms with van der Waals surface area (Å²) in [7, 11) is 0. The highest BCUT2D eigenvalue weighted by molar-refractivity contribution is 5.83. The van der Waals surface area contributed by atoms with Crippen LogP contribution in [-0.2, 0) is 4.74 Å². The van der Waals surface area contributed by atoms with Gasteiger partial charge in [-0.05, 0) is 11.6 Å². The Balaban J connectivity index is 1.97. The van der Waals surface area contributed by atoms with Gasteiger partial charge in [-0.2, -0.15) is 5.26 Å². The number of nitrogens with one attached hydrogen (secondary N) is 1. The van der Waals surface area contributed by atoms with Gasteiger partial charge in [0, 0.05) is 30.2 Å². The second-order valence-electron chi connectivity index (χ2n) is 4.82. The summed E-state index contributed by atoms with van der Waals surface area (Å²) in [5.41, 5.74) is 2.35. The van der Waals surface area contributed by atoms with E-state index in [-0.39, 0.29) is 6.04 Å². The van der Waals surface area contributed by atoms with E-state index in [4.69, 9.17) is 10.00 Å². The highest BCUT2D eigenvalue weighted by Crippen LogP contribution is 2.30. The summed E-state index contributed by atoms with van der Waals surface area (Å²) in [5.74, 6) is 0. The lowest BCUT2D eigenvalue weighted by molar-refractivity contribution is 0.0172. The average molecular weight is 255 g/mol. The molecule has 1 N–H and O–H groups in total. The fourth-order valence-electron chi connectivity index (χ4n) is 2.78. The molecule has 19 heavy (non-hydrogen) atoms. The van der Waals surface area contributed by atoms with Gasteiger partial charge in [-0.1, -0.05) is 18.2 Å². The van der Waals surface area contributed by atoms with E-state index in [1.54, 1.807) is 0 Å². The number of nitrogens with zero attached hydrogens (tertiary/aromatic N) is 2. The van der Waals surface area contributed by atoms with Gasteiger partial charge in [0.15, 0.2) is 0 Å². The monoisotopic (exact) mass is 255 g/mol. The number of aromatic nitrogens is 1. The molecule has 4 heteroatoms. The molecule has 2 aromatic rings. The van der Waals surface area contributed by atoms with Gasteiger partial charge in [0.2, 0.25) is 0 Å². The van der Waals surface area contributed by atoms with Gasteiger partial charge in [0.1, 0.15) is 0 Å². The molecule has 0 spiro atoms. The van der Waals surface area contributed by atoms with Crippen LogP contribution in [0.4, 0.5) is 0 Å². The number of ether oxygens (including phenoxy) is 1. The fourth-order valence-corrected chi connectivity index (χ4v) is 2.78. The maximum atomic E-state index is 9.12. The lowest BCUT2D eigenvalue weighted by Gasteiger charge is -2.33. The lowest BCUT2D eigenvalue weighted by atomic mass is 10.0. The van der Waals surface area contributed by atoms with Crippen LogP contribution in [0.5, 0.6) is 0 Å². The van der Waals surface area contributed by atoms with Crippen LogP contribution in [0.15, 0.2) is 30.5 Å². The summed E-state index contributed by atoms with van der Waals surface area (Å²) in [6.07, 6.45) is 2.56. The van der Waals surface area contributed by atoms with Gasteiger partial charge >= 0.3 is 0 Å². The number of aromatic amines is 1. The predicted octanol–water partition coefficient (Wildman–Crippen LogP) is 2.45. The highest BCUT2D eigenvalue weighted by atomic mass is 16.5. The van der Waals surface area contributed by atoms with Crippen LogP contribution < -0.4 is 0 Å². The van der Waals surface area contributed by atoms with Crippen molar-refractivity contribution in [3.05, 3.63) is 36.0 Å². The topological polar surface area (TPSA) is 52.0 Å². The molecule has 1 aliphatic heterocycles. The van der Waals surface area contributed by atoms with Gasteiger partial charge in [-0.3, -0.25) is 4.90 Å². The third-order valence-electron chi connectivity index (χ3n) is 3.75. The first-order valence-corrected chi connectivity index (χ1v) is 6.65. The predicted molar refractivity (Wildman–Crippen MR) is 73.7 cm³/mol. The van der Waals surface area contributed by atoms with Crippen molar-refractivity contribution in [2.75, 3.05) is 26.3 Å². The maximum Gasteiger partial charge on any atom is 0.0641 e. The molecule has 0 radical (unpaired) electrons. The van der Waals surface area contributed by atoms with E-state index >= 15 is 0 Å². The number of fused-ring (bicyclic) bond motifs is 1. The van der Waals surface area contributed by atoms with Crippen molar-refractivity contribution in [2.24, 2.45) is 0 Å². The van der Waals surface area contributed by atoms with Crippen molar-refractivity contribution in [3.63, 3.8) is 0 Å². The minimum absolute atomic E-state index is 0.157. The summed E-state index contributed by atoms with van der Waals surface area (Å²) in [5, 5.41) is 10.3. The second-order valence-corrected chi connectivity index (χ2v) is 4.82. The molecule has 1 aromatic carbocycles. The van der Waals surface area contributed by atoms with Gasteiger partial charge in [0.05, 0.1) is 31.7 Å². The standard InChI is InChI=1S/C15H17N3O/c16-6-5-15(18-7-9-19-10-8-18)13-11-17-14-4-2-1-3-12(13)14/h1-4,11,15,17H,5,7-10H2. The number of hydrogen-bond acceptors (Lipinski definition) is 3. The van der Waals surface area contributed by atoms with E-state index < -0.39 is 0 Å². The van der Waals surface area contributed by atoms with E-state index in [0.29, 0.717) is 6.42 Å². The molecule has 0 saturated carbocycles. The van der Waals surface area contributed by atoms with Crippen LogP contribution >= 0.6 is 0 Å². The summed E-state index contributed by atoms with van der Waals surface area (Å²) in [6.45, 7) is 3.30. The van der Waals surface area contributed by atoms with Crippen molar-refractivity contribution < 1.29 is 4.74 Å². The lowest BCUT2D eigenvalue weighted by Crippen LogP contribution is -2.38. The molecule has 1 aliphatic rings. The van der Waals surface area contributed by atoms with Crippen molar-refractivity contribution >= 4 is 10.9 Å². The molecule has 0 bridgehead atoms. The van der Waals surface area contributed by atoms with E-state index in [1.165, 1.54) is 10.9 Å². The van der Waals surface area contributed by atoms with Crippen LogP contribution in [0.2, 0.25) is 0 Å². The smallest absolute Gasteiger partial charge is 0.0641 e. The number of morpholine rings is 1. The number of benzene rings is 1. The zero-order chi connectivity index (χ0) is 13.1. The van der Waals surface area contributed by atoms with E-state index in [2.05, 4.69) is 28.1 Å². The molecule has 3 rings (SSSR count). The second kappa shape index (κ2) is 5.43. The number of hydrogen-bond donors (Lipinski definition) is 1. The molecule has 0 amide bonds. The molecule has 98 valence electrons. The third-order valence-corrected chi connectivity index (χ3v) is 3.75. The Morgan fingerprint density at radius 2 is 2.11 bits per heavy atom. The highest BCUT2D eigenvalue weighted by Gasteiger charge is 2.24. The molecule has 2 heterocycles. The van der Waals surface area contributed by atoms with Crippen molar-refractivity contribution in [1.29, 1.82) is 5.26 Å². The van der Waals surface area contributed by atoms with Gasteiger partial charge < -0.3 is 9.72 Å². The Hall–Kier alpha value is -1.83. The number of H-pyrrole nitrogens is 1. The minimum atomic E-state index is 0.157. The molecular formula is C15H17N3O. The van der Waals surface area contributed by atoms with Gasteiger partial charge in [-0.25, -0.2) is 0 Å². The van der Waals surface area contributed by atoms with Crippen LogP contribution in [0.25, 0.3) is 10.9 Å². The number of rotatable bonds is 3. The summed E-state index contributed by atoms with van der Waals surface area (Å²) in [4.78, 5) is 5.65. The van der Waals surface area contributed by atoms with E-state index in [9.17, 15) is 0 Å². The molecule has 1 atom stereocenters. The normalized spacial score (nSPS) is 18.3. The van der Waals surface area contributed by atoms with Crippen molar-refractivity contribution in [1.82, 2.24) is 9.88 Å². The molecule has 4 nitrogen and oxygen atoms in total. The maximum absolute atomic E-state index is 9.12. The Kier molecular flexibility index (Phi) is 3.49. The minimum Gasteiger partial charge on any atom is -0.379 e. The number of para-hydroxylation sites is 1. The average Bonchev–Trinajstić information content (AvgIpc) is 2.89. The molecule has 1 aromatic heterocycles. The quantitative estimate of drug-likeness (QED) is 0.916. The Labute approximate surface area is 112 Å². The van der Waals surface area contributed by atoms with Crippen LogP contribution in [0, 0.1) is 11.3 Å². The fraction of sp³-hybridized carbons (Fsp3) is 0.400. The van der Waals surface area contributed by atoms with E-state index in [1.807, 2.05) is 18.3 Å². The van der Waals surface area contributed by atoms with Crippen molar-refractivity contribution in [3.8, 4) is 6.07 Å². The van der Waals surface area contributed by atoms with Crippen molar-refractivity contribution in [2.45, 2.75) is 12.5 Å². The Morgan fingerprint density at radius 1 is 1.32 bits per heavy atom. The summed E-state index contributed by atoms with van der Waals surface area (Å²) >= 11 is 0. The van der Waals surface area contributed by atoms with E-state index in [0.717, 1.165) is 31.8 Å². The zero-order valence-corrected chi connectivity index (χ0v) is 10.8. The Bertz CT molecular complexity index is 593. The molecule has 1 saturated heterocycles. The first kappa shape index (κ1) is 12.2. The Morgan fingerprint density at radius 3 is 2.89 bits per heavy atom. The molecule has 1 unspecified atom stereocenters. The summed E-state index contributed by atoms with van der Waals surface area (Å²) in [6, 6.07) is 10.7.